The highest BCUT2D eigenvalue weighted by molar-refractivity contribution is 6.93. The van der Waals surface area contributed by atoms with E-state index in [4.69, 9.17) is 4.74 Å². The molecule has 5 heteroatoms. The van der Waals surface area contributed by atoms with Crippen molar-refractivity contribution in [3.63, 3.8) is 0 Å². The predicted octanol–water partition coefficient (Wildman–Crippen LogP) is 2.34. The summed E-state index contributed by atoms with van der Waals surface area (Å²) in [6.07, 6.45) is 0. The van der Waals surface area contributed by atoms with Gasteiger partial charge in [-0.25, -0.2) is 4.79 Å². The Morgan fingerprint density at radius 1 is 1.20 bits per heavy atom. The molecule has 1 atom stereocenters. The van der Waals surface area contributed by atoms with Gasteiger partial charge in [0.15, 0.2) is 0 Å². The van der Waals surface area contributed by atoms with Gasteiger partial charge < -0.3 is 9.47 Å². The molecule has 0 unspecified atom stereocenters. The van der Waals surface area contributed by atoms with Crippen LogP contribution in [-0.2, 0) is 14.3 Å². The summed E-state index contributed by atoms with van der Waals surface area (Å²) in [7, 11) is -0.619. The van der Waals surface area contributed by atoms with Gasteiger partial charge in [-0.3, -0.25) is 4.79 Å². The summed E-state index contributed by atoms with van der Waals surface area (Å²) in [5.74, 6) is -0.504. The Hall–Kier alpha value is -1.62. The van der Waals surface area contributed by atoms with Gasteiger partial charge in [-0.05, 0) is 19.1 Å². The molecule has 0 bridgehead atoms. The molecule has 0 amide bonds. The van der Waals surface area contributed by atoms with Gasteiger partial charge in [0.2, 0.25) is 0 Å². The Morgan fingerprint density at radius 2 is 1.75 bits per heavy atom. The molecule has 110 valence electrons. The Bertz CT molecular complexity index is 479. The second kappa shape index (κ2) is 6.70. The third kappa shape index (κ3) is 3.48. The van der Waals surface area contributed by atoms with Crippen LogP contribution in [0.3, 0.4) is 0 Å². The molecule has 20 heavy (non-hydrogen) atoms. The number of ether oxygens (including phenoxy) is 2. The minimum Gasteiger partial charge on any atom is -0.466 e. The molecule has 0 aliphatic heterocycles. The first-order chi connectivity index (χ1) is 9.34. The monoisotopic (exact) mass is 294 g/mol. The number of benzene rings is 1. The molecule has 0 aromatic heterocycles. The predicted molar refractivity (Wildman–Crippen MR) is 81.0 cm³/mol. The quantitative estimate of drug-likeness (QED) is 0.618. The number of hydrogen-bond acceptors (Lipinski definition) is 4. The van der Waals surface area contributed by atoms with Crippen LogP contribution in [0.5, 0.6) is 0 Å². The van der Waals surface area contributed by atoms with Crippen molar-refractivity contribution in [3.8, 4) is 0 Å². The van der Waals surface area contributed by atoms with Crippen LogP contribution in [-0.4, -0.2) is 33.7 Å². The molecule has 0 radical (unpaired) electrons. The standard InChI is InChI=1S/C15H22O4Si/c1-6-19-14(16)11(2)20(4,5)13-9-7-12(8-10-13)15(17)18-3/h7-11H,6H2,1-5H3/t11-/m0/s1. The summed E-state index contributed by atoms with van der Waals surface area (Å²) in [6, 6.07) is 7.31. The maximum Gasteiger partial charge on any atom is 0.337 e. The van der Waals surface area contributed by atoms with Gasteiger partial charge in [-0.15, -0.1) is 0 Å². The highest BCUT2D eigenvalue weighted by atomic mass is 28.3. The zero-order valence-corrected chi connectivity index (χ0v) is 13.7. The first kappa shape index (κ1) is 16.4. The van der Waals surface area contributed by atoms with E-state index in [0.717, 1.165) is 5.19 Å². The first-order valence-electron chi connectivity index (χ1n) is 6.70. The van der Waals surface area contributed by atoms with Crippen LogP contribution in [0.1, 0.15) is 24.2 Å². The van der Waals surface area contributed by atoms with Crippen molar-refractivity contribution in [1.82, 2.24) is 0 Å². The van der Waals surface area contributed by atoms with Gasteiger partial charge in [0, 0.05) is 0 Å². The van der Waals surface area contributed by atoms with Crippen LogP contribution in [0, 0.1) is 0 Å². The molecule has 0 heterocycles. The molecular weight excluding hydrogens is 272 g/mol. The number of methoxy groups -OCH3 is 1. The summed E-state index contributed by atoms with van der Waals surface area (Å²) in [4.78, 5) is 23.3. The SMILES string of the molecule is CCOC(=O)[C@H](C)[Si](C)(C)c1ccc(C(=O)OC)cc1. The number of carbonyl (C=O) groups excluding carboxylic acids is 2. The van der Waals surface area contributed by atoms with Gasteiger partial charge >= 0.3 is 11.9 Å². The van der Waals surface area contributed by atoms with Gasteiger partial charge in [-0.1, -0.05) is 37.3 Å². The van der Waals surface area contributed by atoms with Crippen LogP contribution in [0.15, 0.2) is 24.3 Å². The average molecular weight is 294 g/mol. The molecule has 0 saturated heterocycles. The lowest BCUT2D eigenvalue weighted by Gasteiger charge is -2.28. The van der Waals surface area contributed by atoms with E-state index >= 15 is 0 Å². The smallest absolute Gasteiger partial charge is 0.337 e. The molecule has 0 aliphatic carbocycles. The number of carbonyl (C=O) groups is 2. The normalized spacial score (nSPS) is 12.7. The van der Waals surface area contributed by atoms with Crippen molar-refractivity contribution < 1.29 is 19.1 Å². The van der Waals surface area contributed by atoms with Crippen LogP contribution < -0.4 is 5.19 Å². The van der Waals surface area contributed by atoms with Crippen molar-refractivity contribution in [2.24, 2.45) is 0 Å². The minimum atomic E-state index is -1.98. The third-order valence-electron chi connectivity index (χ3n) is 3.77. The second-order valence-corrected chi connectivity index (χ2v) is 10.2. The lowest BCUT2D eigenvalue weighted by atomic mass is 10.2. The lowest BCUT2D eigenvalue weighted by Crippen LogP contribution is -2.48. The minimum absolute atomic E-state index is 0.133. The molecule has 0 fully saturated rings. The van der Waals surface area contributed by atoms with E-state index in [1.54, 1.807) is 12.1 Å². The zero-order chi connectivity index (χ0) is 15.3. The largest absolute Gasteiger partial charge is 0.466 e. The van der Waals surface area contributed by atoms with Crippen LogP contribution in [0.25, 0.3) is 0 Å². The maximum atomic E-state index is 11.9. The lowest BCUT2D eigenvalue weighted by molar-refractivity contribution is -0.142. The van der Waals surface area contributed by atoms with E-state index in [0.29, 0.717) is 12.2 Å². The molecule has 1 aromatic rings. The van der Waals surface area contributed by atoms with Crippen molar-refractivity contribution in [2.75, 3.05) is 13.7 Å². The van der Waals surface area contributed by atoms with Gasteiger partial charge in [0.05, 0.1) is 32.9 Å². The molecular formula is C15H22O4Si. The van der Waals surface area contributed by atoms with Crippen molar-refractivity contribution in [1.29, 1.82) is 0 Å². The summed E-state index contributed by atoms with van der Waals surface area (Å²) in [5.41, 5.74) is 0.385. The Morgan fingerprint density at radius 3 is 2.20 bits per heavy atom. The topological polar surface area (TPSA) is 52.6 Å². The fourth-order valence-corrected chi connectivity index (χ4v) is 4.16. The molecule has 0 saturated carbocycles. The van der Waals surface area contributed by atoms with Crippen molar-refractivity contribution in [2.45, 2.75) is 32.5 Å². The summed E-state index contributed by atoms with van der Waals surface area (Å²) in [6.45, 7) is 8.38. The average Bonchev–Trinajstić information content (AvgIpc) is 2.45. The number of hydrogen-bond donors (Lipinski definition) is 0. The second-order valence-electron chi connectivity index (χ2n) is 5.26. The molecule has 0 spiro atoms. The first-order valence-corrected chi connectivity index (χ1v) is 9.77. The molecule has 0 N–H and O–H groups in total. The summed E-state index contributed by atoms with van der Waals surface area (Å²) in [5, 5.41) is 1.12. The van der Waals surface area contributed by atoms with Crippen molar-refractivity contribution in [3.05, 3.63) is 29.8 Å². The van der Waals surface area contributed by atoms with Crippen LogP contribution >= 0.6 is 0 Å². The van der Waals surface area contributed by atoms with Crippen LogP contribution in [0.2, 0.25) is 18.6 Å². The third-order valence-corrected chi connectivity index (χ3v) is 7.99. The fourth-order valence-electron chi connectivity index (χ4n) is 1.97. The summed E-state index contributed by atoms with van der Waals surface area (Å²) >= 11 is 0. The van der Waals surface area contributed by atoms with E-state index in [9.17, 15) is 9.59 Å². The van der Waals surface area contributed by atoms with Gasteiger partial charge in [0.1, 0.15) is 0 Å². The Labute approximate surface area is 121 Å². The Balaban J connectivity index is 2.97. The fraction of sp³-hybridized carbons (Fsp3) is 0.467. The zero-order valence-electron chi connectivity index (χ0n) is 12.7. The maximum absolute atomic E-state index is 11.9. The van der Waals surface area contributed by atoms with Crippen LogP contribution in [0.4, 0.5) is 0 Å². The van der Waals surface area contributed by atoms with Gasteiger partial charge in [-0.2, -0.15) is 0 Å². The molecule has 1 rings (SSSR count). The van der Waals surface area contributed by atoms with E-state index in [-0.39, 0.29) is 17.5 Å². The number of esters is 2. The molecule has 4 nitrogen and oxygen atoms in total. The van der Waals surface area contributed by atoms with E-state index < -0.39 is 8.07 Å². The summed E-state index contributed by atoms with van der Waals surface area (Å²) < 4.78 is 9.79. The van der Waals surface area contributed by atoms with E-state index in [1.807, 2.05) is 26.0 Å². The highest BCUT2D eigenvalue weighted by Crippen LogP contribution is 2.23. The van der Waals surface area contributed by atoms with Gasteiger partial charge in [0.25, 0.3) is 0 Å². The number of rotatable bonds is 5. The highest BCUT2D eigenvalue weighted by Gasteiger charge is 2.36. The van der Waals surface area contributed by atoms with E-state index in [2.05, 4.69) is 17.8 Å². The molecule has 1 aromatic carbocycles. The van der Waals surface area contributed by atoms with E-state index in [1.165, 1.54) is 7.11 Å². The Kier molecular flexibility index (Phi) is 5.50. The molecule has 0 aliphatic rings. The van der Waals surface area contributed by atoms with Crippen molar-refractivity contribution >= 4 is 25.2 Å².